The quantitative estimate of drug-likeness (QED) is 0.474. The molecule has 4 atom stereocenters. The number of fused-ring (bicyclic) bond motifs is 2. The standard InChI is InChI=1S/C8H12O4/c1-4-5-2-8(4,11)7(10)6(3-9)12-5/h2,4,6-7,9-11H,3H2,1H3/t4-,6-,7+,8+/m1/s1. The Morgan fingerprint density at radius 3 is 2.83 bits per heavy atom. The van der Waals surface area contributed by atoms with Crippen LogP contribution in [0.25, 0.3) is 0 Å². The number of hydrogen-bond donors (Lipinski definition) is 3. The second-order valence-corrected chi connectivity index (χ2v) is 3.44. The van der Waals surface area contributed by atoms with Crippen molar-refractivity contribution in [3.8, 4) is 0 Å². The van der Waals surface area contributed by atoms with E-state index in [0.29, 0.717) is 5.76 Å². The second kappa shape index (κ2) is 2.22. The van der Waals surface area contributed by atoms with Gasteiger partial charge in [0, 0.05) is 5.92 Å². The highest BCUT2D eigenvalue weighted by Gasteiger charge is 2.57. The Morgan fingerprint density at radius 2 is 2.33 bits per heavy atom. The molecule has 1 aliphatic carbocycles. The summed E-state index contributed by atoms with van der Waals surface area (Å²) in [6.07, 6.45) is -0.185. The second-order valence-electron chi connectivity index (χ2n) is 3.44. The van der Waals surface area contributed by atoms with E-state index >= 15 is 0 Å². The molecule has 12 heavy (non-hydrogen) atoms. The highest BCUT2D eigenvalue weighted by molar-refractivity contribution is 5.32. The van der Waals surface area contributed by atoms with Gasteiger partial charge in [0.15, 0.2) is 6.10 Å². The zero-order valence-corrected chi connectivity index (χ0v) is 6.77. The van der Waals surface area contributed by atoms with Crippen molar-refractivity contribution in [1.82, 2.24) is 0 Å². The van der Waals surface area contributed by atoms with Crippen molar-refractivity contribution in [2.75, 3.05) is 6.61 Å². The number of hydrogen-bond acceptors (Lipinski definition) is 4. The topological polar surface area (TPSA) is 69.9 Å². The molecule has 0 aromatic carbocycles. The molecule has 3 N–H and O–H groups in total. The molecule has 4 heteroatoms. The Bertz CT molecular complexity index is 237. The number of aliphatic hydroxyl groups excluding tert-OH is 2. The van der Waals surface area contributed by atoms with Gasteiger partial charge < -0.3 is 20.1 Å². The summed E-state index contributed by atoms with van der Waals surface area (Å²) in [4.78, 5) is 0. The molecule has 4 nitrogen and oxygen atoms in total. The number of ether oxygens (including phenoxy) is 1. The van der Waals surface area contributed by atoms with Crippen molar-refractivity contribution in [3.05, 3.63) is 11.8 Å². The summed E-state index contributed by atoms with van der Waals surface area (Å²) in [6, 6.07) is 0. The van der Waals surface area contributed by atoms with Crippen LogP contribution in [0.5, 0.6) is 0 Å². The summed E-state index contributed by atoms with van der Waals surface area (Å²) >= 11 is 0. The van der Waals surface area contributed by atoms with Gasteiger partial charge in [-0.2, -0.15) is 0 Å². The highest BCUT2D eigenvalue weighted by atomic mass is 16.5. The molecule has 2 aliphatic heterocycles. The summed E-state index contributed by atoms with van der Waals surface area (Å²) in [7, 11) is 0. The number of aliphatic hydroxyl groups is 3. The Labute approximate surface area is 70.1 Å². The molecule has 0 spiro atoms. The van der Waals surface area contributed by atoms with E-state index in [4.69, 9.17) is 9.84 Å². The van der Waals surface area contributed by atoms with Gasteiger partial charge >= 0.3 is 0 Å². The fourth-order valence-electron chi connectivity index (χ4n) is 1.76. The Balaban J connectivity index is 2.25. The van der Waals surface area contributed by atoms with Crippen molar-refractivity contribution in [2.24, 2.45) is 5.92 Å². The summed E-state index contributed by atoms with van der Waals surface area (Å²) in [6.45, 7) is 1.51. The average molecular weight is 172 g/mol. The molecule has 0 saturated carbocycles. The van der Waals surface area contributed by atoms with Gasteiger partial charge in [-0.1, -0.05) is 6.92 Å². The zero-order valence-electron chi connectivity index (χ0n) is 6.77. The molecule has 1 saturated heterocycles. The van der Waals surface area contributed by atoms with E-state index in [2.05, 4.69) is 0 Å². The van der Waals surface area contributed by atoms with Gasteiger partial charge in [-0.05, 0) is 6.08 Å². The van der Waals surface area contributed by atoms with E-state index in [1.807, 2.05) is 0 Å². The van der Waals surface area contributed by atoms with Crippen LogP contribution in [0.15, 0.2) is 11.8 Å². The molecule has 3 rings (SSSR count). The molecule has 0 unspecified atom stereocenters. The third-order valence-electron chi connectivity index (χ3n) is 2.79. The van der Waals surface area contributed by atoms with Crippen LogP contribution in [-0.4, -0.2) is 39.7 Å². The minimum Gasteiger partial charge on any atom is -0.489 e. The van der Waals surface area contributed by atoms with Crippen LogP contribution in [0, 0.1) is 5.92 Å². The normalized spacial score (nSPS) is 50.7. The van der Waals surface area contributed by atoms with Crippen molar-refractivity contribution in [2.45, 2.75) is 24.7 Å². The first-order valence-corrected chi connectivity index (χ1v) is 4.00. The monoisotopic (exact) mass is 172 g/mol. The van der Waals surface area contributed by atoms with E-state index in [1.165, 1.54) is 6.08 Å². The van der Waals surface area contributed by atoms with Crippen LogP contribution in [0.3, 0.4) is 0 Å². The van der Waals surface area contributed by atoms with Crippen molar-refractivity contribution >= 4 is 0 Å². The average Bonchev–Trinajstić information content (AvgIpc) is 2.08. The minimum atomic E-state index is -1.18. The third kappa shape index (κ3) is 0.722. The minimum absolute atomic E-state index is 0.157. The van der Waals surface area contributed by atoms with Gasteiger partial charge in [-0.3, -0.25) is 0 Å². The van der Waals surface area contributed by atoms with Gasteiger partial charge in [0.25, 0.3) is 0 Å². The lowest BCUT2D eigenvalue weighted by Crippen LogP contribution is -2.63. The smallest absolute Gasteiger partial charge is 0.150 e. The molecular formula is C8H12O4. The molecule has 3 aliphatic rings. The molecule has 0 aromatic heterocycles. The fraction of sp³-hybridized carbons (Fsp3) is 0.750. The maximum atomic E-state index is 9.76. The first-order valence-electron chi connectivity index (χ1n) is 4.00. The fourth-order valence-corrected chi connectivity index (χ4v) is 1.76. The lowest BCUT2D eigenvalue weighted by Gasteiger charge is -2.51. The van der Waals surface area contributed by atoms with Gasteiger partial charge in [0.05, 0.1) is 6.61 Å². The predicted octanol–water partition coefficient (Wildman–Crippen LogP) is -0.997. The molecule has 0 aromatic rings. The van der Waals surface area contributed by atoms with E-state index in [0.717, 1.165) is 0 Å². The van der Waals surface area contributed by atoms with Gasteiger partial charge in [0.2, 0.25) is 0 Å². The van der Waals surface area contributed by atoms with E-state index in [9.17, 15) is 10.2 Å². The molecular weight excluding hydrogens is 160 g/mol. The first-order chi connectivity index (χ1) is 5.59. The molecule has 2 bridgehead atoms. The van der Waals surface area contributed by atoms with Crippen LogP contribution in [0.1, 0.15) is 6.92 Å². The third-order valence-corrected chi connectivity index (χ3v) is 2.79. The molecule has 0 amide bonds. The SMILES string of the molecule is C[C@@H]1C2=C[C@@]1(O)[C@@H](O)[C@@H](CO)O2. The maximum Gasteiger partial charge on any atom is 0.150 e. The molecule has 0 radical (unpaired) electrons. The van der Waals surface area contributed by atoms with Gasteiger partial charge in [-0.15, -0.1) is 0 Å². The summed E-state index contributed by atoms with van der Waals surface area (Å²) in [5.41, 5.74) is -1.18. The highest BCUT2D eigenvalue weighted by Crippen LogP contribution is 2.46. The van der Waals surface area contributed by atoms with Crippen LogP contribution in [0.4, 0.5) is 0 Å². The van der Waals surface area contributed by atoms with Crippen LogP contribution in [-0.2, 0) is 4.74 Å². The maximum absolute atomic E-state index is 9.76. The molecule has 1 fully saturated rings. The molecule has 68 valence electrons. The van der Waals surface area contributed by atoms with E-state index < -0.39 is 17.8 Å². The van der Waals surface area contributed by atoms with Crippen LogP contribution >= 0.6 is 0 Å². The van der Waals surface area contributed by atoms with Crippen LogP contribution in [0.2, 0.25) is 0 Å². The summed E-state index contributed by atoms with van der Waals surface area (Å²) < 4.78 is 5.19. The Hall–Kier alpha value is -0.580. The largest absolute Gasteiger partial charge is 0.489 e. The van der Waals surface area contributed by atoms with Crippen molar-refractivity contribution < 1.29 is 20.1 Å². The van der Waals surface area contributed by atoms with Crippen LogP contribution < -0.4 is 0 Å². The zero-order chi connectivity index (χ0) is 8.93. The summed E-state index contributed by atoms with van der Waals surface area (Å²) in [5.74, 6) is 0.511. The van der Waals surface area contributed by atoms with E-state index in [-0.39, 0.29) is 12.5 Å². The van der Waals surface area contributed by atoms with Crippen molar-refractivity contribution in [1.29, 1.82) is 0 Å². The van der Waals surface area contributed by atoms with Gasteiger partial charge in [-0.25, -0.2) is 0 Å². The predicted molar refractivity (Wildman–Crippen MR) is 40.2 cm³/mol. The first kappa shape index (κ1) is 8.04. The van der Waals surface area contributed by atoms with Gasteiger partial charge in [0.1, 0.15) is 17.5 Å². The lowest BCUT2D eigenvalue weighted by atomic mass is 9.69. The lowest BCUT2D eigenvalue weighted by molar-refractivity contribution is -0.203. The Morgan fingerprint density at radius 1 is 1.67 bits per heavy atom. The van der Waals surface area contributed by atoms with E-state index in [1.54, 1.807) is 6.92 Å². The van der Waals surface area contributed by atoms with Crippen molar-refractivity contribution in [3.63, 3.8) is 0 Å². The number of rotatable bonds is 1. The Kier molecular flexibility index (Phi) is 1.49. The summed E-state index contributed by atoms with van der Waals surface area (Å²) in [5, 5.41) is 28.1. The molecule has 2 heterocycles.